The van der Waals surface area contributed by atoms with E-state index in [0.717, 1.165) is 16.0 Å². The van der Waals surface area contributed by atoms with Crippen LogP contribution in [0, 0.1) is 11.3 Å². The van der Waals surface area contributed by atoms with Crippen LogP contribution in [0.4, 0.5) is 0 Å². The molecule has 1 aliphatic carbocycles. The molecule has 18 heavy (non-hydrogen) atoms. The Labute approximate surface area is 125 Å². The zero-order valence-electron chi connectivity index (χ0n) is 11.1. The number of halogens is 2. The Hall–Kier alpha value is -0.220. The van der Waals surface area contributed by atoms with E-state index in [1.54, 1.807) is 14.2 Å². The van der Waals surface area contributed by atoms with Gasteiger partial charge in [-0.05, 0) is 35.4 Å². The normalized spacial score (nSPS) is 22.4. The SMILES string of the molecule is COc1cc(Br)c(C(Br)C2CC2(C)C)cc1OC. The molecule has 2 rings (SSSR count). The number of rotatable bonds is 4. The summed E-state index contributed by atoms with van der Waals surface area (Å²) in [5.41, 5.74) is 1.66. The minimum atomic E-state index is 0.349. The molecule has 0 aliphatic heterocycles. The van der Waals surface area contributed by atoms with Crippen molar-refractivity contribution >= 4 is 31.9 Å². The van der Waals surface area contributed by atoms with Gasteiger partial charge in [0, 0.05) is 9.30 Å². The first-order valence-electron chi connectivity index (χ1n) is 5.96. The molecule has 0 heterocycles. The lowest BCUT2D eigenvalue weighted by Gasteiger charge is -2.17. The van der Waals surface area contributed by atoms with E-state index >= 15 is 0 Å². The Morgan fingerprint density at radius 3 is 2.17 bits per heavy atom. The lowest BCUT2D eigenvalue weighted by molar-refractivity contribution is 0.354. The first-order chi connectivity index (χ1) is 8.40. The van der Waals surface area contributed by atoms with Gasteiger partial charge in [-0.1, -0.05) is 45.7 Å². The second-order valence-corrected chi connectivity index (χ2v) is 7.27. The lowest BCUT2D eigenvalue weighted by Crippen LogP contribution is -2.01. The summed E-state index contributed by atoms with van der Waals surface area (Å²) in [4.78, 5) is 0.349. The molecule has 0 bridgehead atoms. The molecule has 1 aromatic rings. The van der Waals surface area contributed by atoms with Gasteiger partial charge in [0.25, 0.3) is 0 Å². The average Bonchev–Trinajstić information content (AvgIpc) is 2.97. The summed E-state index contributed by atoms with van der Waals surface area (Å²) in [5.74, 6) is 2.20. The molecule has 0 aromatic heterocycles. The first kappa shape index (κ1) is 14.2. The highest BCUT2D eigenvalue weighted by Crippen LogP contribution is 2.61. The van der Waals surface area contributed by atoms with Gasteiger partial charge in [-0.15, -0.1) is 0 Å². The molecule has 1 saturated carbocycles. The van der Waals surface area contributed by atoms with Gasteiger partial charge < -0.3 is 9.47 Å². The number of hydrogen-bond donors (Lipinski definition) is 0. The van der Waals surface area contributed by atoms with Crippen LogP contribution < -0.4 is 9.47 Å². The monoisotopic (exact) mass is 376 g/mol. The third kappa shape index (κ3) is 2.55. The highest BCUT2D eigenvalue weighted by Gasteiger charge is 2.50. The summed E-state index contributed by atoms with van der Waals surface area (Å²) < 4.78 is 11.7. The largest absolute Gasteiger partial charge is 0.493 e. The maximum atomic E-state index is 5.37. The van der Waals surface area contributed by atoms with Crippen LogP contribution in [0.5, 0.6) is 11.5 Å². The average molecular weight is 378 g/mol. The summed E-state index contributed by atoms with van der Waals surface area (Å²) in [5, 5.41) is 0. The fourth-order valence-electron chi connectivity index (χ4n) is 2.31. The summed E-state index contributed by atoms with van der Waals surface area (Å²) >= 11 is 7.44. The Morgan fingerprint density at radius 2 is 1.72 bits per heavy atom. The van der Waals surface area contributed by atoms with Crippen molar-refractivity contribution in [3.05, 3.63) is 22.2 Å². The molecule has 1 fully saturated rings. The van der Waals surface area contributed by atoms with E-state index in [9.17, 15) is 0 Å². The standard InChI is InChI=1S/C14H18Br2O2/c1-14(2)7-9(14)13(16)8-5-11(17-3)12(18-4)6-10(8)15/h5-6,9,13H,7H2,1-4H3. The maximum Gasteiger partial charge on any atom is 0.161 e. The van der Waals surface area contributed by atoms with Crippen LogP contribution in [-0.4, -0.2) is 14.2 Å². The summed E-state index contributed by atoms with van der Waals surface area (Å²) in [6, 6.07) is 4.02. The van der Waals surface area contributed by atoms with Gasteiger partial charge >= 0.3 is 0 Å². The van der Waals surface area contributed by atoms with Crippen LogP contribution in [0.1, 0.15) is 30.7 Å². The summed E-state index contributed by atoms with van der Waals surface area (Å²) in [6.07, 6.45) is 1.25. The van der Waals surface area contributed by atoms with Gasteiger partial charge in [-0.3, -0.25) is 0 Å². The van der Waals surface area contributed by atoms with Crippen molar-refractivity contribution in [1.82, 2.24) is 0 Å². The fourth-order valence-corrected chi connectivity index (χ4v) is 4.46. The Balaban J connectivity index is 2.33. The lowest BCUT2D eigenvalue weighted by atomic mass is 10.0. The second kappa shape index (κ2) is 5.04. The van der Waals surface area contributed by atoms with E-state index in [0.29, 0.717) is 16.2 Å². The molecular weight excluding hydrogens is 360 g/mol. The van der Waals surface area contributed by atoms with Gasteiger partial charge in [0.05, 0.1) is 14.2 Å². The van der Waals surface area contributed by atoms with Crippen LogP contribution in [0.3, 0.4) is 0 Å². The molecule has 1 aliphatic rings. The molecule has 100 valence electrons. The molecule has 0 saturated heterocycles. The number of ether oxygens (including phenoxy) is 2. The van der Waals surface area contributed by atoms with Gasteiger partial charge in [-0.2, -0.15) is 0 Å². The molecule has 0 spiro atoms. The molecule has 2 unspecified atom stereocenters. The van der Waals surface area contributed by atoms with Crippen molar-refractivity contribution < 1.29 is 9.47 Å². The highest BCUT2D eigenvalue weighted by atomic mass is 79.9. The van der Waals surface area contributed by atoms with Crippen LogP contribution in [0.25, 0.3) is 0 Å². The third-order valence-electron chi connectivity index (χ3n) is 3.74. The van der Waals surface area contributed by atoms with E-state index in [-0.39, 0.29) is 0 Å². The van der Waals surface area contributed by atoms with Crippen LogP contribution in [0.2, 0.25) is 0 Å². The second-order valence-electron chi connectivity index (χ2n) is 5.43. The fraction of sp³-hybridized carbons (Fsp3) is 0.571. The molecule has 2 atom stereocenters. The van der Waals surface area contributed by atoms with Crippen molar-refractivity contribution in [2.24, 2.45) is 11.3 Å². The highest BCUT2D eigenvalue weighted by molar-refractivity contribution is 9.11. The van der Waals surface area contributed by atoms with Crippen LogP contribution in [0.15, 0.2) is 16.6 Å². The first-order valence-corrected chi connectivity index (χ1v) is 7.67. The Kier molecular flexibility index (Phi) is 3.98. The van der Waals surface area contributed by atoms with Crippen molar-refractivity contribution in [1.29, 1.82) is 0 Å². The summed E-state index contributed by atoms with van der Waals surface area (Å²) in [6.45, 7) is 4.61. The topological polar surface area (TPSA) is 18.5 Å². The van der Waals surface area contributed by atoms with Crippen molar-refractivity contribution in [3.8, 4) is 11.5 Å². The molecule has 4 heteroatoms. The molecule has 2 nitrogen and oxygen atoms in total. The minimum absolute atomic E-state index is 0.349. The molecular formula is C14H18Br2O2. The van der Waals surface area contributed by atoms with Gasteiger partial charge in [0.2, 0.25) is 0 Å². The van der Waals surface area contributed by atoms with Gasteiger partial charge in [0.15, 0.2) is 11.5 Å². The van der Waals surface area contributed by atoms with E-state index < -0.39 is 0 Å². The Morgan fingerprint density at radius 1 is 1.22 bits per heavy atom. The molecule has 0 radical (unpaired) electrons. The Bertz CT molecular complexity index is 457. The van der Waals surface area contributed by atoms with Gasteiger partial charge in [-0.25, -0.2) is 0 Å². The number of methoxy groups -OCH3 is 2. The third-order valence-corrected chi connectivity index (χ3v) is 5.56. The quantitative estimate of drug-likeness (QED) is 0.691. The molecule has 0 amide bonds. The van der Waals surface area contributed by atoms with Crippen molar-refractivity contribution in [3.63, 3.8) is 0 Å². The van der Waals surface area contributed by atoms with Crippen molar-refractivity contribution in [2.75, 3.05) is 14.2 Å². The zero-order chi connectivity index (χ0) is 13.5. The van der Waals surface area contributed by atoms with Crippen LogP contribution in [-0.2, 0) is 0 Å². The number of benzene rings is 1. The predicted octanol–water partition coefficient (Wildman–Crippen LogP) is 4.95. The van der Waals surface area contributed by atoms with E-state index in [4.69, 9.17) is 9.47 Å². The van der Waals surface area contributed by atoms with E-state index in [1.165, 1.54) is 12.0 Å². The maximum absolute atomic E-state index is 5.37. The zero-order valence-corrected chi connectivity index (χ0v) is 14.3. The molecule has 1 aromatic carbocycles. The number of hydrogen-bond acceptors (Lipinski definition) is 2. The smallest absolute Gasteiger partial charge is 0.161 e. The van der Waals surface area contributed by atoms with E-state index in [1.807, 2.05) is 6.07 Å². The van der Waals surface area contributed by atoms with Gasteiger partial charge in [0.1, 0.15) is 0 Å². The van der Waals surface area contributed by atoms with E-state index in [2.05, 4.69) is 51.8 Å². The predicted molar refractivity (Wildman–Crippen MR) is 80.8 cm³/mol. The number of alkyl halides is 1. The minimum Gasteiger partial charge on any atom is -0.493 e. The van der Waals surface area contributed by atoms with Crippen molar-refractivity contribution in [2.45, 2.75) is 25.1 Å². The molecule has 0 N–H and O–H groups in total. The van der Waals surface area contributed by atoms with Crippen LogP contribution >= 0.6 is 31.9 Å². The summed E-state index contributed by atoms with van der Waals surface area (Å²) in [7, 11) is 3.32.